The first kappa shape index (κ1) is 15.5. The van der Waals surface area contributed by atoms with Crippen LogP contribution in [0.2, 0.25) is 5.02 Å². The molecule has 0 N–H and O–H groups in total. The predicted octanol–water partition coefficient (Wildman–Crippen LogP) is 3.96. The molecule has 0 fully saturated rings. The van der Waals surface area contributed by atoms with Gasteiger partial charge < -0.3 is 4.74 Å². The van der Waals surface area contributed by atoms with Crippen molar-refractivity contribution in [1.82, 2.24) is 0 Å². The smallest absolute Gasteiger partial charge is 0.160 e. The fraction of sp³-hybridized carbons (Fsp3) is 0.467. The summed E-state index contributed by atoms with van der Waals surface area (Å²) in [6.07, 6.45) is 0.674. The Balaban J connectivity index is 3.29. The van der Waals surface area contributed by atoms with Crippen molar-refractivity contribution in [1.29, 1.82) is 5.26 Å². The molecule has 1 aromatic carbocycles. The SMILES string of the molecule is CCC(C)(C)C(=O)C(C#N)c1cc(Cl)ccc1OC. The van der Waals surface area contributed by atoms with Crippen LogP contribution in [0.3, 0.4) is 0 Å². The number of carbonyl (C=O) groups excluding carboxylic acids is 1. The fourth-order valence-electron chi connectivity index (χ4n) is 1.77. The van der Waals surface area contributed by atoms with Crippen LogP contribution in [-0.2, 0) is 4.79 Å². The summed E-state index contributed by atoms with van der Waals surface area (Å²) in [5.74, 6) is -0.460. The highest BCUT2D eigenvalue weighted by molar-refractivity contribution is 6.30. The second-order valence-electron chi connectivity index (χ2n) is 5.05. The molecule has 1 atom stereocenters. The summed E-state index contributed by atoms with van der Waals surface area (Å²) in [5, 5.41) is 9.83. The zero-order chi connectivity index (χ0) is 14.6. The molecule has 4 heteroatoms. The van der Waals surface area contributed by atoms with Gasteiger partial charge in [0.15, 0.2) is 5.78 Å². The number of hydrogen-bond donors (Lipinski definition) is 0. The number of Topliss-reactive ketones (excluding diaryl/α,β-unsaturated/α-hetero) is 1. The third-order valence-electron chi connectivity index (χ3n) is 3.44. The van der Waals surface area contributed by atoms with Crippen molar-refractivity contribution >= 4 is 17.4 Å². The molecule has 0 amide bonds. The van der Waals surface area contributed by atoms with E-state index in [1.54, 1.807) is 18.2 Å². The van der Waals surface area contributed by atoms with Crippen molar-refractivity contribution < 1.29 is 9.53 Å². The van der Waals surface area contributed by atoms with Crippen molar-refractivity contribution in [3.63, 3.8) is 0 Å². The number of halogens is 1. The first-order chi connectivity index (χ1) is 8.87. The number of benzene rings is 1. The maximum atomic E-state index is 12.5. The quantitative estimate of drug-likeness (QED) is 0.820. The van der Waals surface area contributed by atoms with Gasteiger partial charge in [-0.05, 0) is 24.6 Å². The van der Waals surface area contributed by atoms with Crippen LogP contribution in [-0.4, -0.2) is 12.9 Å². The van der Waals surface area contributed by atoms with Crippen molar-refractivity contribution in [3.8, 4) is 11.8 Å². The van der Waals surface area contributed by atoms with Crippen LogP contribution < -0.4 is 4.74 Å². The van der Waals surface area contributed by atoms with Gasteiger partial charge in [0.05, 0.1) is 13.2 Å². The van der Waals surface area contributed by atoms with E-state index >= 15 is 0 Å². The largest absolute Gasteiger partial charge is 0.496 e. The molecule has 0 spiro atoms. The lowest BCUT2D eigenvalue weighted by Gasteiger charge is -2.24. The van der Waals surface area contributed by atoms with Crippen LogP contribution in [0.15, 0.2) is 18.2 Å². The topological polar surface area (TPSA) is 50.1 Å². The third-order valence-corrected chi connectivity index (χ3v) is 3.68. The van der Waals surface area contributed by atoms with Gasteiger partial charge in [-0.3, -0.25) is 4.79 Å². The molecule has 0 bridgehead atoms. The van der Waals surface area contributed by atoms with Crippen LogP contribution in [0.5, 0.6) is 5.75 Å². The summed E-state index contributed by atoms with van der Waals surface area (Å²) in [7, 11) is 1.51. The highest BCUT2D eigenvalue weighted by Crippen LogP contribution is 2.35. The predicted molar refractivity (Wildman–Crippen MR) is 75.4 cm³/mol. The molecule has 0 aliphatic rings. The minimum atomic E-state index is -0.858. The third kappa shape index (κ3) is 3.27. The van der Waals surface area contributed by atoms with E-state index in [-0.39, 0.29) is 5.78 Å². The van der Waals surface area contributed by atoms with Gasteiger partial charge in [-0.25, -0.2) is 0 Å². The Bertz CT molecular complexity index is 517. The maximum absolute atomic E-state index is 12.5. The van der Waals surface area contributed by atoms with Gasteiger partial charge in [-0.15, -0.1) is 0 Å². The lowest BCUT2D eigenvalue weighted by atomic mass is 9.77. The van der Waals surface area contributed by atoms with Crippen molar-refractivity contribution in [2.75, 3.05) is 7.11 Å². The molecule has 0 radical (unpaired) electrons. The Kier molecular flexibility index (Phi) is 4.97. The minimum absolute atomic E-state index is 0.113. The summed E-state index contributed by atoms with van der Waals surface area (Å²) in [6.45, 7) is 5.62. The summed E-state index contributed by atoms with van der Waals surface area (Å²) in [4.78, 5) is 12.5. The fourth-order valence-corrected chi connectivity index (χ4v) is 1.95. The molecule has 1 aromatic rings. The van der Waals surface area contributed by atoms with Crippen LogP contribution in [0.25, 0.3) is 0 Å². The monoisotopic (exact) mass is 279 g/mol. The minimum Gasteiger partial charge on any atom is -0.496 e. The number of rotatable bonds is 5. The van der Waals surface area contributed by atoms with Crippen LogP contribution in [0, 0.1) is 16.7 Å². The Morgan fingerprint density at radius 2 is 2.16 bits per heavy atom. The van der Waals surface area contributed by atoms with Crippen LogP contribution in [0.1, 0.15) is 38.7 Å². The average molecular weight is 280 g/mol. The number of nitriles is 1. The lowest BCUT2D eigenvalue weighted by molar-refractivity contribution is -0.127. The van der Waals surface area contributed by atoms with Gasteiger partial charge in [0.1, 0.15) is 11.7 Å². The van der Waals surface area contributed by atoms with Gasteiger partial charge in [0, 0.05) is 16.0 Å². The zero-order valence-electron chi connectivity index (χ0n) is 11.7. The van der Waals surface area contributed by atoms with E-state index in [0.29, 0.717) is 22.8 Å². The van der Waals surface area contributed by atoms with Gasteiger partial charge in [0.2, 0.25) is 0 Å². The Morgan fingerprint density at radius 3 is 2.63 bits per heavy atom. The number of ether oxygens (including phenoxy) is 1. The van der Waals surface area contributed by atoms with E-state index in [4.69, 9.17) is 16.3 Å². The van der Waals surface area contributed by atoms with Crippen LogP contribution >= 0.6 is 11.6 Å². The van der Waals surface area contributed by atoms with Gasteiger partial charge in [-0.1, -0.05) is 32.4 Å². The van der Waals surface area contributed by atoms with Crippen molar-refractivity contribution in [3.05, 3.63) is 28.8 Å². The summed E-state index contributed by atoms with van der Waals surface area (Å²) < 4.78 is 5.22. The normalized spacial score (nSPS) is 12.6. The van der Waals surface area contributed by atoms with E-state index in [1.807, 2.05) is 20.8 Å². The van der Waals surface area contributed by atoms with Gasteiger partial charge in [-0.2, -0.15) is 5.26 Å². The molecular weight excluding hydrogens is 262 g/mol. The first-order valence-electron chi connectivity index (χ1n) is 6.14. The van der Waals surface area contributed by atoms with Gasteiger partial charge in [0.25, 0.3) is 0 Å². The summed E-state index contributed by atoms with van der Waals surface area (Å²) in [6, 6.07) is 7.04. The highest BCUT2D eigenvalue weighted by atomic mass is 35.5. The van der Waals surface area contributed by atoms with Crippen molar-refractivity contribution in [2.45, 2.75) is 33.1 Å². The number of hydrogen-bond acceptors (Lipinski definition) is 3. The second kappa shape index (κ2) is 6.08. The van der Waals surface area contributed by atoms with E-state index in [1.165, 1.54) is 7.11 Å². The standard InChI is InChI=1S/C15H18ClNO2/c1-5-15(2,3)14(18)12(9-17)11-8-10(16)6-7-13(11)19-4/h6-8,12H,5H2,1-4H3. The summed E-state index contributed by atoms with van der Waals surface area (Å²) in [5.41, 5.74) is -0.0164. The molecule has 1 unspecified atom stereocenters. The molecule has 0 saturated carbocycles. The Morgan fingerprint density at radius 1 is 1.53 bits per heavy atom. The maximum Gasteiger partial charge on any atom is 0.160 e. The Labute approximate surface area is 119 Å². The van der Waals surface area contributed by atoms with Crippen molar-refractivity contribution in [2.24, 2.45) is 5.41 Å². The molecule has 0 heterocycles. The molecule has 0 aliphatic heterocycles. The zero-order valence-corrected chi connectivity index (χ0v) is 12.4. The second-order valence-corrected chi connectivity index (χ2v) is 5.49. The Hall–Kier alpha value is -1.53. The molecule has 19 heavy (non-hydrogen) atoms. The van der Waals surface area contributed by atoms with E-state index in [9.17, 15) is 10.1 Å². The molecule has 0 saturated heterocycles. The van der Waals surface area contributed by atoms with E-state index in [0.717, 1.165) is 0 Å². The molecule has 1 rings (SSSR count). The molecule has 0 aromatic heterocycles. The number of methoxy groups -OCH3 is 1. The summed E-state index contributed by atoms with van der Waals surface area (Å²) >= 11 is 5.95. The van der Waals surface area contributed by atoms with E-state index < -0.39 is 11.3 Å². The number of nitrogens with zero attached hydrogens (tertiary/aromatic N) is 1. The number of ketones is 1. The lowest BCUT2D eigenvalue weighted by Crippen LogP contribution is -2.28. The van der Waals surface area contributed by atoms with Gasteiger partial charge >= 0.3 is 0 Å². The molecule has 102 valence electrons. The highest BCUT2D eigenvalue weighted by Gasteiger charge is 2.34. The average Bonchev–Trinajstić information content (AvgIpc) is 2.39. The molecule has 3 nitrogen and oxygen atoms in total. The molecular formula is C15H18ClNO2. The molecule has 0 aliphatic carbocycles. The van der Waals surface area contributed by atoms with Crippen LogP contribution in [0.4, 0.5) is 0 Å². The van der Waals surface area contributed by atoms with E-state index in [2.05, 4.69) is 6.07 Å². The first-order valence-corrected chi connectivity index (χ1v) is 6.52. The number of carbonyl (C=O) groups is 1.